The van der Waals surface area contributed by atoms with Crippen LogP contribution in [0.1, 0.15) is 82.3 Å². The summed E-state index contributed by atoms with van der Waals surface area (Å²) in [7, 11) is 0. The highest BCUT2D eigenvalue weighted by atomic mass is 16.2. The van der Waals surface area contributed by atoms with Gasteiger partial charge in [-0.05, 0) is 31.9 Å². The molecule has 0 aliphatic rings. The topological polar surface area (TPSA) is 41.1 Å². The summed E-state index contributed by atoms with van der Waals surface area (Å²) >= 11 is 0. The van der Waals surface area contributed by atoms with Crippen molar-refractivity contribution in [2.45, 2.75) is 85.0 Å². The number of carbonyl (C=O) groups excluding carboxylic acids is 1. The summed E-state index contributed by atoms with van der Waals surface area (Å²) in [6, 6.07) is 5.96. The van der Waals surface area contributed by atoms with E-state index in [0.717, 1.165) is 24.2 Å². The molecule has 2 N–H and O–H groups in total. The predicted molar refractivity (Wildman–Crippen MR) is 105 cm³/mol. The van der Waals surface area contributed by atoms with Gasteiger partial charge in [0.05, 0.1) is 0 Å². The minimum atomic E-state index is -0.0992. The number of nitrogens with one attached hydrogen (secondary N) is 2. The first-order valence-electron chi connectivity index (χ1n) is 9.75. The Morgan fingerprint density at radius 3 is 2.04 bits per heavy atom. The lowest BCUT2D eigenvalue weighted by molar-refractivity contribution is 0.252. The van der Waals surface area contributed by atoms with E-state index in [4.69, 9.17) is 0 Å². The van der Waals surface area contributed by atoms with Crippen LogP contribution in [-0.2, 0) is 0 Å². The summed E-state index contributed by atoms with van der Waals surface area (Å²) in [6.45, 7) is 7.09. The van der Waals surface area contributed by atoms with E-state index < -0.39 is 0 Å². The number of amides is 2. The lowest BCUT2D eigenvalue weighted by Crippen LogP contribution is -2.29. The average molecular weight is 333 g/mol. The minimum absolute atomic E-state index is 0.0992. The van der Waals surface area contributed by atoms with Gasteiger partial charge in [-0.3, -0.25) is 0 Å². The molecule has 0 spiro atoms. The maximum Gasteiger partial charge on any atom is 0.319 e. The second kappa shape index (κ2) is 12.9. The molecule has 0 heterocycles. The van der Waals surface area contributed by atoms with Crippen molar-refractivity contribution >= 4 is 11.7 Å². The highest BCUT2D eigenvalue weighted by Crippen LogP contribution is 2.15. The van der Waals surface area contributed by atoms with Crippen molar-refractivity contribution in [3.63, 3.8) is 0 Å². The summed E-state index contributed by atoms with van der Waals surface area (Å²) < 4.78 is 0. The molecule has 1 aromatic rings. The summed E-state index contributed by atoms with van der Waals surface area (Å²) in [4.78, 5) is 11.9. The van der Waals surface area contributed by atoms with Gasteiger partial charge in [-0.15, -0.1) is 0 Å². The van der Waals surface area contributed by atoms with Crippen molar-refractivity contribution in [2.75, 3.05) is 11.9 Å². The monoisotopic (exact) mass is 332 g/mol. The van der Waals surface area contributed by atoms with E-state index in [-0.39, 0.29) is 6.03 Å². The second-order valence-electron chi connectivity index (χ2n) is 6.88. The van der Waals surface area contributed by atoms with Gasteiger partial charge >= 0.3 is 6.03 Å². The molecule has 3 heteroatoms. The molecule has 136 valence electrons. The van der Waals surface area contributed by atoms with Gasteiger partial charge < -0.3 is 10.6 Å². The van der Waals surface area contributed by atoms with Gasteiger partial charge in [0.25, 0.3) is 0 Å². The van der Waals surface area contributed by atoms with Gasteiger partial charge in [-0.25, -0.2) is 4.79 Å². The van der Waals surface area contributed by atoms with Gasteiger partial charge in [-0.1, -0.05) is 82.4 Å². The van der Waals surface area contributed by atoms with E-state index >= 15 is 0 Å². The van der Waals surface area contributed by atoms with E-state index in [0.29, 0.717) is 0 Å². The largest absolute Gasteiger partial charge is 0.338 e. The van der Waals surface area contributed by atoms with Crippen molar-refractivity contribution < 1.29 is 4.79 Å². The quantitative estimate of drug-likeness (QED) is 0.430. The molecular weight excluding hydrogens is 296 g/mol. The third-order valence-corrected chi connectivity index (χ3v) is 4.45. The lowest BCUT2D eigenvalue weighted by Gasteiger charge is -2.10. The lowest BCUT2D eigenvalue weighted by atomic mass is 10.1. The Labute approximate surface area is 148 Å². The molecule has 1 aromatic carbocycles. The molecule has 0 atom stereocenters. The smallest absolute Gasteiger partial charge is 0.319 e. The van der Waals surface area contributed by atoms with Gasteiger partial charge in [-0.2, -0.15) is 0 Å². The maximum absolute atomic E-state index is 11.9. The number of rotatable bonds is 12. The Kier molecular flexibility index (Phi) is 11.0. The fourth-order valence-corrected chi connectivity index (χ4v) is 2.93. The highest BCUT2D eigenvalue weighted by Gasteiger charge is 2.03. The number of hydrogen-bond acceptors (Lipinski definition) is 1. The third-order valence-electron chi connectivity index (χ3n) is 4.45. The number of aryl methyl sites for hydroxylation is 2. The van der Waals surface area contributed by atoms with E-state index in [1.165, 1.54) is 63.4 Å². The Bertz CT molecular complexity index is 471. The summed E-state index contributed by atoms with van der Waals surface area (Å²) in [5, 5.41) is 5.87. The first-order chi connectivity index (χ1) is 11.6. The van der Waals surface area contributed by atoms with Crippen LogP contribution in [0.4, 0.5) is 10.5 Å². The Morgan fingerprint density at radius 2 is 1.46 bits per heavy atom. The zero-order valence-electron chi connectivity index (χ0n) is 15.9. The van der Waals surface area contributed by atoms with Crippen LogP contribution in [-0.4, -0.2) is 12.6 Å². The molecule has 2 amide bonds. The zero-order valence-corrected chi connectivity index (χ0v) is 15.9. The number of urea groups is 1. The predicted octanol–water partition coefficient (Wildman–Crippen LogP) is 6.35. The highest BCUT2D eigenvalue weighted by molar-refractivity contribution is 5.90. The summed E-state index contributed by atoms with van der Waals surface area (Å²) in [5.74, 6) is 0. The van der Waals surface area contributed by atoms with Crippen molar-refractivity contribution in [3.8, 4) is 0 Å². The van der Waals surface area contributed by atoms with Crippen LogP contribution in [0.15, 0.2) is 18.2 Å². The van der Waals surface area contributed by atoms with Gasteiger partial charge in [0.15, 0.2) is 0 Å². The van der Waals surface area contributed by atoms with Crippen LogP contribution in [0.25, 0.3) is 0 Å². The van der Waals surface area contributed by atoms with Crippen LogP contribution in [0.5, 0.6) is 0 Å². The van der Waals surface area contributed by atoms with E-state index in [2.05, 4.69) is 30.5 Å². The molecule has 0 aliphatic heterocycles. The SMILES string of the molecule is CCCCCCCCCCCCNC(=O)Nc1ccc(C)cc1C. The molecule has 0 bridgehead atoms. The van der Waals surface area contributed by atoms with Crippen LogP contribution < -0.4 is 10.6 Å². The zero-order chi connectivity index (χ0) is 17.6. The molecule has 0 unspecified atom stereocenters. The molecule has 0 aromatic heterocycles. The molecule has 1 rings (SSSR count). The molecule has 3 nitrogen and oxygen atoms in total. The number of benzene rings is 1. The third kappa shape index (κ3) is 9.59. The molecule has 0 saturated heterocycles. The maximum atomic E-state index is 11.9. The fourth-order valence-electron chi connectivity index (χ4n) is 2.93. The van der Waals surface area contributed by atoms with Crippen LogP contribution in [0.3, 0.4) is 0 Å². The van der Waals surface area contributed by atoms with Gasteiger partial charge in [0.1, 0.15) is 0 Å². The van der Waals surface area contributed by atoms with Crippen LogP contribution in [0, 0.1) is 13.8 Å². The summed E-state index contributed by atoms with van der Waals surface area (Å²) in [5.41, 5.74) is 3.20. The molecule has 0 fully saturated rings. The summed E-state index contributed by atoms with van der Waals surface area (Å²) in [6.07, 6.45) is 13.1. The second-order valence-corrected chi connectivity index (χ2v) is 6.88. The van der Waals surface area contributed by atoms with Crippen molar-refractivity contribution in [2.24, 2.45) is 0 Å². The Balaban J connectivity index is 1.98. The first-order valence-corrected chi connectivity index (χ1v) is 9.75. The number of hydrogen-bond donors (Lipinski definition) is 2. The van der Waals surface area contributed by atoms with E-state index in [1.54, 1.807) is 0 Å². The van der Waals surface area contributed by atoms with Gasteiger partial charge in [0, 0.05) is 12.2 Å². The Morgan fingerprint density at radius 1 is 0.875 bits per heavy atom. The first kappa shape index (κ1) is 20.5. The van der Waals surface area contributed by atoms with E-state index in [1.807, 2.05) is 19.1 Å². The van der Waals surface area contributed by atoms with Crippen molar-refractivity contribution in [1.29, 1.82) is 0 Å². The number of carbonyl (C=O) groups is 1. The Hall–Kier alpha value is -1.51. The molecule has 0 radical (unpaired) electrons. The number of anilines is 1. The van der Waals surface area contributed by atoms with Gasteiger partial charge in [0.2, 0.25) is 0 Å². The number of unbranched alkanes of at least 4 members (excludes halogenated alkanes) is 9. The standard InChI is InChI=1S/C21H36N2O/c1-4-5-6-7-8-9-10-11-12-13-16-22-21(24)23-20-15-14-18(2)17-19(20)3/h14-15,17H,4-13,16H2,1-3H3,(H2,22,23,24). The molecule has 0 aliphatic carbocycles. The fraction of sp³-hybridized carbons (Fsp3) is 0.667. The van der Waals surface area contributed by atoms with Crippen LogP contribution >= 0.6 is 0 Å². The molecule has 24 heavy (non-hydrogen) atoms. The average Bonchev–Trinajstić information content (AvgIpc) is 2.55. The van der Waals surface area contributed by atoms with Crippen molar-refractivity contribution in [3.05, 3.63) is 29.3 Å². The normalized spacial score (nSPS) is 10.6. The minimum Gasteiger partial charge on any atom is -0.338 e. The van der Waals surface area contributed by atoms with Crippen molar-refractivity contribution in [1.82, 2.24) is 5.32 Å². The molecule has 0 saturated carbocycles. The van der Waals surface area contributed by atoms with E-state index in [9.17, 15) is 4.79 Å². The van der Waals surface area contributed by atoms with Crippen LogP contribution in [0.2, 0.25) is 0 Å². The molecular formula is C21H36N2O.